The van der Waals surface area contributed by atoms with Gasteiger partial charge in [-0.2, -0.15) is 0 Å². The van der Waals surface area contributed by atoms with Gasteiger partial charge in [0.15, 0.2) is 0 Å². The Labute approximate surface area is 127 Å². The topological polar surface area (TPSA) is 41.6 Å². The van der Waals surface area contributed by atoms with Crippen LogP contribution in [-0.2, 0) is 16.0 Å². The Kier molecular flexibility index (Phi) is 6.70. The first kappa shape index (κ1) is 16.0. The summed E-state index contributed by atoms with van der Waals surface area (Å²) in [4.78, 5) is 14.6. The van der Waals surface area contributed by atoms with Gasteiger partial charge in [0.1, 0.15) is 6.04 Å². The zero-order valence-electron chi connectivity index (χ0n) is 12.9. The summed E-state index contributed by atoms with van der Waals surface area (Å²) < 4.78 is 5.29. The first-order valence-corrected chi connectivity index (χ1v) is 7.96. The molecule has 1 aliphatic rings. The molecule has 1 saturated heterocycles. The molecule has 1 unspecified atom stereocenters. The van der Waals surface area contributed by atoms with Crippen LogP contribution in [-0.4, -0.2) is 49.7 Å². The first-order chi connectivity index (χ1) is 10.3. The molecular formula is C17H26N2O2. The molecule has 0 spiro atoms. The van der Waals surface area contributed by atoms with Crippen molar-refractivity contribution in [2.24, 2.45) is 0 Å². The highest BCUT2D eigenvalue weighted by Crippen LogP contribution is 2.13. The highest BCUT2D eigenvalue weighted by atomic mass is 16.5. The average molecular weight is 290 g/mol. The van der Waals surface area contributed by atoms with Crippen LogP contribution in [0.25, 0.3) is 0 Å². The van der Waals surface area contributed by atoms with Crippen molar-refractivity contribution in [1.82, 2.24) is 10.2 Å². The number of rotatable bonds is 6. The summed E-state index contributed by atoms with van der Waals surface area (Å²) >= 11 is 0. The van der Waals surface area contributed by atoms with Crippen LogP contribution in [0.15, 0.2) is 30.3 Å². The molecule has 1 fully saturated rings. The van der Waals surface area contributed by atoms with E-state index in [2.05, 4.69) is 22.3 Å². The van der Waals surface area contributed by atoms with Gasteiger partial charge >= 0.3 is 5.97 Å². The lowest BCUT2D eigenvalue weighted by atomic mass is 10.0. The Bertz CT molecular complexity index is 414. The third-order valence-corrected chi connectivity index (χ3v) is 3.92. The molecule has 21 heavy (non-hydrogen) atoms. The molecule has 1 heterocycles. The Balaban J connectivity index is 1.98. The van der Waals surface area contributed by atoms with Crippen molar-refractivity contribution in [3.63, 3.8) is 0 Å². The van der Waals surface area contributed by atoms with Gasteiger partial charge in [-0.15, -0.1) is 0 Å². The summed E-state index contributed by atoms with van der Waals surface area (Å²) in [6, 6.07) is 10.2. The van der Waals surface area contributed by atoms with Crippen LogP contribution in [0, 0.1) is 0 Å². The van der Waals surface area contributed by atoms with E-state index in [0.29, 0.717) is 6.61 Å². The fraction of sp³-hybridized carbons (Fsp3) is 0.588. The van der Waals surface area contributed by atoms with Crippen LogP contribution < -0.4 is 5.32 Å². The monoisotopic (exact) mass is 290 g/mol. The number of hydrogen-bond donors (Lipinski definition) is 1. The van der Waals surface area contributed by atoms with Crippen LogP contribution in [0.4, 0.5) is 0 Å². The van der Waals surface area contributed by atoms with Gasteiger partial charge in [-0.3, -0.25) is 9.69 Å². The maximum absolute atomic E-state index is 12.3. The van der Waals surface area contributed by atoms with Gasteiger partial charge in [0.05, 0.1) is 6.61 Å². The summed E-state index contributed by atoms with van der Waals surface area (Å²) in [5.74, 6) is -0.0738. The standard InChI is InChI=1S/C17H26N2O2/c1-2-21-17(20)16(19-13-6-11-18-12-14-19)10-9-15-7-4-3-5-8-15/h3-5,7-8,16,18H,2,6,9-14H2,1H3. The summed E-state index contributed by atoms with van der Waals surface area (Å²) in [5.41, 5.74) is 1.28. The summed E-state index contributed by atoms with van der Waals surface area (Å²) in [6.45, 7) is 6.18. The molecule has 0 radical (unpaired) electrons. The second kappa shape index (κ2) is 8.80. The lowest BCUT2D eigenvalue weighted by Crippen LogP contribution is -2.44. The molecule has 4 heteroatoms. The third kappa shape index (κ3) is 5.14. The number of carbonyl (C=O) groups is 1. The fourth-order valence-corrected chi connectivity index (χ4v) is 2.81. The Morgan fingerprint density at radius 1 is 1.29 bits per heavy atom. The molecule has 116 valence electrons. The van der Waals surface area contributed by atoms with Crippen molar-refractivity contribution in [2.75, 3.05) is 32.8 Å². The van der Waals surface area contributed by atoms with E-state index >= 15 is 0 Å². The van der Waals surface area contributed by atoms with Crippen LogP contribution in [0.2, 0.25) is 0 Å². The Morgan fingerprint density at radius 3 is 2.86 bits per heavy atom. The van der Waals surface area contributed by atoms with Gasteiger partial charge in [-0.05, 0) is 38.3 Å². The lowest BCUT2D eigenvalue weighted by Gasteiger charge is -2.28. The molecule has 0 bridgehead atoms. The number of esters is 1. The number of benzene rings is 1. The number of carbonyl (C=O) groups excluding carboxylic acids is 1. The second-order valence-corrected chi connectivity index (χ2v) is 5.43. The molecule has 4 nitrogen and oxygen atoms in total. The number of ether oxygens (including phenoxy) is 1. The lowest BCUT2D eigenvalue weighted by molar-refractivity contribution is -0.149. The molecule has 2 rings (SSSR count). The minimum Gasteiger partial charge on any atom is -0.465 e. The van der Waals surface area contributed by atoms with Crippen molar-refractivity contribution >= 4 is 5.97 Å². The van der Waals surface area contributed by atoms with E-state index in [-0.39, 0.29) is 12.0 Å². The third-order valence-electron chi connectivity index (χ3n) is 3.92. The highest BCUT2D eigenvalue weighted by Gasteiger charge is 2.27. The minimum absolute atomic E-state index is 0.0738. The molecule has 0 amide bonds. The van der Waals surface area contributed by atoms with Crippen LogP contribution in [0.1, 0.15) is 25.3 Å². The van der Waals surface area contributed by atoms with Gasteiger partial charge in [-0.1, -0.05) is 30.3 Å². The summed E-state index contributed by atoms with van der Waals surface area (Å²) in [5, 5.41) is 3.38. The molecule has 0 aliphatic carbocycles. The summed E-state index contributed by atoms with van der Waals surface area (Å²) in [6.07, 6.45) is 2.82. The molecular weight excluding hydrogens is 264 g/mol. The molecule has 0 aromatic heterocycles. The fourth-order valence-electron chi connectivity index (χ4n) is 2.81. The van der Waals surface area contributed by atoms with E-state index in [1.807, 2.05) is 25.1 Å². The molecule has 1 aromatic carbocycles. The predicted octanol–water partition coefficient (Wildman–Crippen LogP) is 1.85. The van der Waals surface area contributed by atoms with Crippen molar-refractivity contribution in [2.45, 2.75) is 32.2 Å². The maximum atomic E-state index is 12.3. The second-order valence-electron chi connectivity index (χ2n) is 5.43. The first-order valence-electron chi connectivity index (χ1n) is 7.96. The largest absolute Gasteiger partial charge is 0.465 e. The molecule has 1 atom stereocenters. The van der Waals surface area contributed by atoms with Gasteiger partial charge in [-0.25, -0.2) is 0 Å². The predicted molar refractivity (Wildman–Crippen MR) is 84.2 cm³/mol. The zero-order chi connectivity index (χ0) is 14.9. The van der Waals surface area contributed by atoms with E-state index in [1.54, 1.807) is 0 Å². The quantitative estimate of drug-likeness (QED) is 0.812. The minimum atomic E-state index is -0.120. The van der Waals surface area contributed by atoms with Gasteiger partial charge in [0, 0.05) is 19.6 Å². The van der Waals surface area contributed by atoms with E-state index in [4.69, 9.17) is 4.74 Å². The Morgan fingerprint density at radius 2 is 2.10 bits per heavy atom. The molecule has 1 aliphatic heterocycles. The van der Waals surface area contributed by atoms with Crippen LogP contribution in [0.5, 0.6) is 0 Å². The van der Waals surface area contributed by atoms with Gasteiger partial charge in [0.2, 0.25) is 0 Å². The zero-order valence-corrected chi connectivity index (χ0v) is 12.9. The van der Waals surface area contributed by atoms with E-state index in [1.165, 1.54) is 5.56 Å². The highest BCUT2D eigenvalue weighted by molar-refractivity contribution is 5.75. The molecule has 1 N–H and O–H groups in total. The molecule has 0 saturated carbocycles. The average Bonchev–Trinajstić information content (AvgIpc) is 2.78. The maximum Gasteiger partial charge on any atom is 0.323 e. The Hall–Kier alpha value is -1.39. The van der Waals surface area contributed by atoms with Crippen LogP contribution in [0.3, 0.4) is 0 Å². The smallest absolute Gasteiger partial charge is 0.323 e. The molecule has 1 aromatic rings. The van der Waals surface area contributed by atoms with Crippen molar-refractivity contribution in [3.05, 3.63) is 35.9 Å². The van der Waals surface area contributed by atoms with Gasteiger partial charge < -0.3 is 10.1 Å². The van der Waals surface area contributed by atoms with Crippen molar-refractivity contribution < 1.29 is 9.53 Å². The van der Waals surface area contributed by atoms with Gasteiger partial charge in [0.25, 0.3) is 0 Å². The van der Waals surface area contributed by atoms with E-state index < -0.39 is 0 Å². The SMILES string of the molecule is CCOC(=O)C(CCc1ccccc1)N1CCCNCC1. The number of nitrogens with one attached hydrogen (secondary N) is 1. The number of nitrogens with zero attached hydrogens (tertiary/aromatic N) is 1. The van der Waals surface area contributed by atoms with Crippen molar-refractivity contribution in [3.8, 4) is 0 Å². The van der Waals surface area contributed by atoms with Crippen LogP contribution >= 0.6 is 0 Å². The number of aryl methyl sites for hydroxylation is 1. The van der Waals surface area contributed by atoms with E-state index in [9.17, 15) is 4.79 Å². The van der Waals surface area contributed by atoms with Crippen molar-refractivity contribution in [1.29, 1.82) is 0 Å². The summed E-state index contributed by atoms with van der Waals surface area (Å²) in [7, 11) is 0. The number of hydrogen-bond acceptors (Lipinski definition) is 4. The normalized spacial score (nSPS) is 18.0. The van der Waals surface area contributed by atoms with E-state index in [0.717, 1.165) is 45.4 Å².